The fourth-order valence-electron chi connectivity index (χ4n) is 5.06. The summed E-state index contributed by atoms with van der Waals surface area (Å²) in [5, 5.41) is 2.13. The summed E-state index contributed by atoms with van der Waals surface area (Å²) in [5.74, 6) is -0.505. The molecule has 10 heteroatoms. The Morgan fingerprint density at radius 3 is 2.64 bits per heavy atom. The van der Waals surface area contributed by atoms with Crippen molar-refractivity contribution in [1.82, 2.24) is 19.5 Å². The van der Waals surface area contributed by atoms with Gasteiger partial charge >= 0.3 is 0 Å². The topological polar surface area (TPSA) is 99.7 Å². The minimum Gasteiger partial charge on any atom is -0.334 e. The SMILES string of the molecule is O=C1C(NS(=O)(=O)c2ccc3cc(Cl)ccc3c2)CCCN1CC(=O)N1CCCC1c1cccnc1. The Kier molecular flexibility index (Phi) is 6.96. The van der Waals surface area contributed by atoms with Crippen LogP contribution in [0, 0.1) is 0 Å². The van der Waals surface area contributed by atoms with Crippen LogP contribution in [0.3, 0.4) is 0 Å². The molecule has 1 N–H and O–H groups in total. The van der Waals surface area contributed by atoms with Gasteiger partial charge in [0.15, 0.2) is 0 Å². The lowest BCUT2D eigenvalue weighted by molar-refractivity contribution is -0.143. The van der Waals surface area contributed by atoms with E-state index in [0.717, 1.165) is 29.2 Å². The maximum Gasteiger partial charge on any atom is 0.242 e. The Morgan fingerprint density at radius 2 is 1.83 bits per heavy atom. The van der Waals surface area contributed by atoms with Gasteiger partial charge in [-0.15, -0.1) is 0 Å². The van der Waals surface area contributed by atoms with Gasteiger partial charge in [-0.2, -0.15) is 4.72 Å². The number of pyridine rings is 1. The number of hydrogen-bond donors (Lipinski definition) is 1. The van der Waals surface area contributed by atoms with Gasteiger partial charge in [0.05, 0.1) is 17.5 Å². The molecule has 2 aliphatic heterocycles. The van der Waals surface area contributed by atoms with Crippen LogP contribution in [0.2, 0.25) is 5.02 Å². The van der Waals surface area contributed by atoms with E-state index < -0.39 is 16.1 Å². The number of sulfonamides is 1. The van der Waals surface area contributed by atoms with E-state index in [1.807, 2.05) is 12.1 Å². The van der Waals surface area contributed by atoms with Crippen molar-refractivity contribution in [3.05, 3.63) is 71.5 Å². The fourth-order valence-corrected chi connectivity index (χ4v) is 6.50. The number of nitrogens with one attached hydrogen (secondary N) is 1. The van der Waals surface area contributed by atoms with E-state index in [0.29, 0.717) is 31.0 Å². The Hall–Kier alpha value is -3.01. The zero-order valence-corrected chi connectivity index (χ0v) is 21.2. The molecule has 8 nitrogen and oxygen atoms in total. The molecule has 3 aromatic rings. The molecule has 3 heterocycles. The third-order valence-corrected chi connectivity index (χ3v) is 8.58. The third kappa shape index (κ3) is 5.09. The average molecular weight is 527 g/mol. The first-order chi connectivity index (χ1) is 17.3. The molecule has 2 amide bonds. The number of piperidine rings is 1. The lowest BCUT2D eigenvalue weighted by Gasteiger charge is -2.34. The first kappa shape index (κ1) is 24.7. The number of nitrogens with zero attached hydrogens (tertiary/aromatic N) is 3. The number of benzene rings is 2. The van der Waals surface area contributed by atoms with Crippen LogP contribution in [-0.4, -0.2) is 60.7 Å². The number of carbonyl (C=O) groups is 2. The second-order valence-corrected chi connectivity index (χ2v) is 11.4. The van der Waals surface area contributed by atoms with Crippen molar-refractivity contribution in [2.75, 3.05) is 19.6 Å². The van der Waals surface area contributed by atoms with Crippen molar-refractivity contribution >= 4 is 44.2 Å². The lowest BCUT2D eigenvalue weighted by Crippen LogP contribution is -2.54. The van der Waals surface area contributed by atoms with Gasteiger partial charge in [-0.25, -0.2) is 8.42 Å². The Morgan fingerprint density at radius 1 is 1.06 bits per heavy atom. The minimum absolute atomic E-state index is 0.0526. The largest absolute Gasteiger partial charge is 0.334 e. The number of aromatic nitrogens is 1. The molecule has 2 atom stereocenters. The molecule has 2 saturated heterocycles. The molecule has 188 valence electrons. The second kappa shape index (κ2) is 10.2. The van der Waals surface area contributed by atoms with E-state index >= 15 is 0 Å². The number of amides is 2. The standard InChI is InChI=1S/C26H27ClN4O4S/c27-21-9-7-19-15-22(10-8-18(19)14-21)36(34,35)29-23-5-2-12-30(26(23)33)17-25(32)31-13-3-6-24(31)20-4-1-11-28-16-20/h1,4,7-11,14-16,23-24,29H,2-3,5-6,12-13,17H2. The van der Waals surface area contributed by atoms with Gasteiger partial charge in [0, 0.05) is 30.5 Å². The summed E-state index contributed by atoms with van der Waals surface area (Å²) in [6.07, 6.45) is 6.20. The van der Waals surface area contributed by atoms with E-state index in [4.69, 9.17) is 11.6 Å². The monoisotopic (exact) mass is 526 g/mol. The molecule has 0 radical (unpaired) electrons. The van der Waals surface area contributed by atoms with E-state index in [2.05, 4.69) is 9.71 Å². The van der Waals surface area contributed by atoms with Gasteiger partial charge in [0.1, 0.15) is 6.04 Å². The highest BCUT2D eigenvalue weighted by Gasteiger charge is 2.36. The summed E-state index contributed by atoms with van der Waals surface area (Å²) in [6, 6.07) is 12.8. The summed E-state index contributed by atoms with van der Waals surface area (Å²) < 4.78 is 28.8. The van der Waals surface area contributed by atoms with Crippen LogP contribution >= 0.6 is 11.6 Å². The molecule has 1 aromatic heterocycles. The van der Waals surface area contributed by atoms with Crippen molar-refractivity contribution in [1.29, 1.82) is 0 Å². The van der Waals surface area contributed by atoms with Crippen LogP contribution in [-0.2, 0) is 19.6 Å². The molecular formula is C26H27ClN4O4S. The van der Waals surface area contributed by atoms with Gasteiger partial charge in [0.25, 0.3) is 0 Å². The van der Waals surface area contributed by atoms with Crippen molar-refractivity contribution in [3.63, 3.8) is 0 Å². The molecular weight excluding hydrogens is 500 g/mol. The van der Waals surface area contributed by atoms with E-state index in [1.165, 1.54) is 11.0 Å². The van der Waals surface area contributed by atoms with E-state index in [1.54, 1.807) is 47.6 Å². The predicted octanol–water partition coefficient (Wildman–Crippen LogP) is 3.52. The number of halogens is 1. The Labute approximate surface area is 215 Å². The molecule has 0 spiro atoms. The summed E-state index contributed by atoms with van der Waals surface area (Å²) in [6.45, 7) is 0.985. The lowest BCUT2D eigenvalue weighted by atomic mass is 10.1. The molecule has 0 saturated carbocycles. The summed E-state index contributed by atoms with van der Waals surface area (Å²) in [4.78, 5) is 33.9. The summed E-state index contributed by atoms with van der Waals surface area (Å²) in [7, 11) is -3.94. The highest BCUT2D eigenvalue weighted by atomic mass is 35.5. The normalized spacial score (nSPS) is 20.8. The Balaban J connectivity index is 1.27. The van der Waals surface area contributed by atoms with Crippen LogP contribution in [0.15, 0.2) is 65.8 Å². The third-order valence-electron chi connectivity index (χ3n) is 6.88. The van der Waals surface area contributed by atoms with Gasteiger partial charge in [-0.3, -0.25) is 14.6 Å². The number of likely N-dealkylation sites (tertiary alicyclic amines) is 2. The molecule has 2 aliphatic rings. The van der Waals surface area contributed by atoms with E-state index in [-0.39, 0.29) is 29.3 Å². The quantitative estimate of drug-likeness (QED) is 0.530. The summed E-state index contributed by atoms with van der Waals surface area (Å²) in [5.41, 5.74) is 0.983. The summed E-state index contributed by atoms with van der Waals surface area (Å²) >= 11 is 6.02. The molecule has 2 aromatic carbocycles. The number of fused-ring (bicyclic) bond motifs is 1. The van der Waals surface area contributed by atoms with Crippen molar-refractivity contribution < 1.29 is 18.0 Å². The van der Waals surface area contributed by atoms with Gasteiger partial charge in [-0.1, -0.05) is 29.8 Å². The number of carbonyl (C=O) groups excluding carboxylic acids is 2. The van der Waals surface area contributed by atoms with Crippen molar-refractivity contribution in [2.45, 2.75) is 42.7 Å². The molecule has 0 aliphatic carbocycles. The van der Waals surface area contributed by atoms with Crippen LogP contribution in [0.25, 0.3) is 10.8 Å². The molecule has 36 heavy (non-hydrogen) atoms. The van der Waals surface area contributed by atoms with Gasteiger partial charge in [-0.05, 0) is 72.4 Å². The van der Waals surface area contributed by atoms with Crippen molar-refractivity contribution in [2.24, 2.45) is 0 Å². The average Bonchev–Trinajstić information content (AvgIpc) is 3.37. The van der Waals surface area contributed by atoms with Gasteiger partial charge in [0.2, 0.25) is 21.8 Å². The smallest absolute Gasteiger partial charge is 0.242 e. The number of hydrogen-bond acceptors (Lipinski definition) is 5. The van der Waals surface area contributed by atoms with Crippen LogP contribution < -0.4 is 4.72 Å². The highest BCUT2D eigenvalue weighted by Crippen LogP contribution is 2.31. The number of rotatable bonds is 6. The van der Waals surface area contributed by atoms with Gasteiger partial charge < -0.3 is 9.80 Å². The maximum atomic E-state index is 13.2. The zero-order chi connectivity index (χ0) is 25.3. The second-order valence-electron chi connectivity index (χ2n) is 9.26. The highest BCUT2D eigenvalue weighted by molar-refractivity contribution is 7.89. The zero-order valence-electron chi connectivity index (χ0n) is 19.6. The Bertz CT molecular complexity index is 1400. The minimum atomic E-state index is -3.94. The van der Waals surface area contributed by atoms with E-state index in [9.17, 15) is 18.0 Å². The maximum absolute atomic E-state index is 13.2. The molecule has 0 bridgehead atoms. The van der Waals surface area contributed by atoms with Crippen LogP contribution in [0.5, 0.6) is 0 Å². The van der Waals surface area contributed by atoms with Crippen molar-refractivity contribution in [3.8, 4) is 0 Å². The molecule has 2 unspecified atom stereocenters. The van der Waals surface area contributed by atoms with Crippen LogP contribution in [0.4, 0.5) is 0 Å². The first-order valence-electron chi connectivity index (χ1n) is 12.0. The van der Waals surface area contributed by atoms with Crippen LogP contribution in [0.1, 0.15) is 37.3 Å². The fraction of sp³-hybridized carbons (Fsp3) is 0.346. The first-order valence-corrected chi connectivity index (χ1v) is 13.9. The molecule has 2 fully saturated rings. The molecule has 5 rings (SSSR count). The predicted molar refractivity (Wildman–Crippen MR) is 137 cm³/mol.